The highest BCUT2D eigenvalue weighted by Gasteiger charge is 2.08. The van der Waals surface area contributed by atoms with Gasteiger partial charge in [0.15, 0.2) is 0 Å². The number of carbonyl (C=O) groups excluding carboxylic acids is 1. The second-order valence-electron chi connectivity index (χ2n) is 4.09. The largest absolute Gasteiger partial charge is 0.426 e. The summed E-state index contributed by atoms with van der Waals surface area (Å²) in [6.45, 7) is 8.56. The Morgan fingerprint density at radius 2 is 2.17 bits per heavy atom. The predicted molar refractivity (Wildman–Crippen MR) is 70.5 cm³/mol. The second kappa shape index (κ2) is 6.15. The van der Waals surface area contributed by atoms with Crippen LogP contribution in [-0.2, 0) is 16.0 Å². The molecule has 0 aliphatic carbocycles. The first-order chi connectivity index (χ1) is 8.43. The number of esters is 1. The van der Waals surface area contributed by atoms with Crippen molar-refractivity contribution >= 4 is 12.0 Å². The van der Waals surface area contributed by atoms with Gasteiger partial charge in [-0.2, -0.15) is 4.39 Å². The minimum Gasteiger partial charge on any atom is -0.426 e. The number of carbonyl (C=O) groups is 1. The molecule has 2 nitrogen and oxygen atoms in total. The van der Waals surface area contributed by atoms with Gasteiger partial charge in [0.2, 0.25) is 5.83 Å². The molecule has 3 heteroatoms. The van der Waals surface area contributed by atoms with Crippen molar-refractivity contribution in [2.45, 2.75) is 27.2 Å². The van der Waals surface area contributed by atoms with Crippen LogP contribution in [0.5, 0.6) is 0 Å². The van der Waals surface area contributed by atoms with Gasteiger partial charge in [-0.15, -0.1) is 0 Å². The molecule has 0 saturated carbocycles. The molecule has 0 heterocycles. The summed E-state index contributed by atoms with van der Waals surface area (Å²) >= 11 is 0. The van der Waals surface area contributed by atoms with Gasteiger partial charge < -0.3 is 4.74 Å². The summed E-state index contributed by atoms with van der Waals surface area (Å²) in [6.07, 6.45) is 2.68. The Balaban J connectivity index is 2.88. The molecule has 0 saturated heterocycles. The molecule has 0 atom stereocenters. The summed E-state index contributed by atoms with van der Waals surface area (Å²) < 4.78 is 17.3. The summed E-state index contributed by atoms with van der Waals surface area (Å²) in [5, 5.41) is 0. The van der Waals surface area contributed by atoms with E-state index in [1.165, 1.54) is 5.56 Å². The highest BCUT2D eigenvalue weighted by Crippen LogP contribution is 2.16. The van der Waals surface area contributed by atoms with Crippen molar-refractivity contribution in [3.05, 3.63) is 53.1 Å². The first-order valence-corrected chi connectivity index (χ1v) is 5.78. The molecule has 0 amide bonds. The fraction of sp³-hybridized carbons (Fsp3) is 0.267. The van der Waals surface area contributed by atoms with Gasteiger partial charge >= 0.3 is 5.97 Å². The van der Waals surface area contributed by atoms with Crippen LogP contribution < -0.4 is 0 Å². The number of hydrogen-bond donors (Lipinski definition) is 0. The van der Waals surface area contributed by atoms with Crippen molar-refractivity contribution in [3.63, 3.8) is 0 Å². The molecule has 1 rings (SSSR count). The van der Waals surface area contributed by atoms with Gasteiger partial charge in [-0.05, 0) is 43.0 Å². The van der Waals surface area contributed by atoms with E-state index in [0.717, 1.165) is 17.5 Å². The average molecular weight is 248 g/mol. The van der Waals surface area contributed by atoms with E-state index < -0.39 is 11.8 Å². The van der Waals surface area contributed by atoms with Crippen LogP contribution in [0.1, 0.15) is 30.5 Å². The lowest BCUT2D eigenvalue weighted by Gasteiger charge is -2.06. The molecule has 0 spiro atoms. The van der Waals surface area contributed by atoms with Crippen molar-refractivity contribution in [2.24, 2.45) is 0 Å². The Morgan fingerprint density at radius 1 is 1.50 bits per heavy atom. The number of benzene rings is 1. The molecule has 0 fully saturated rings. The molecule has 0 aliphatic rings. The number of ether oxygens (including phenoxy) is 1. The second-order valence-corrected chi connectivity index (χ2v) is 4.09. The van der Waals surface area contributed by atoms with Crippen LogP contribution in [0, 0.1) is 6.92 Å². The Kier molecular flexibility index (Phi) is 4.84. The zero-order valence-corrected chi connectivity index (χ0v) is 10.9. The van der Waals surface area contributed by atoms with Crippen molar-refractivity contribution in [2.75, 3.05) is 0 Å². The summed E-state index contributed by atoms with van der Waals surface area (Å²) in [6, 6.07) is 6.05. The van der Waals surface area contributed by atoms with E-state index in [1.807, 2.05) is 19.1 Å². The molecule has 1 aromatic carbocycles. The smallest absolute Gasteiger partial charge is 0.371 e. The normalized spacial score (nSPS) is 11.2. The van der Waals surface area contributed by atoms with Crippen LogP contribution in [0.2, 0.25) is 0 Å². The summed E-state index contributed by atoms with van der Waals surface area (Å²) in [5.41, 5.74) is 3.28. The highest BCUT2D eigenvalue weighted by atomic mass is 19.1. The van der Waals surface area contributed by atoms with E-state index in [1.54, 1.807) is 13.0 Å². The lowest BCUT2D eigenvalue weighted by atomic mass is 10.0. The minimum atomic E-state index is -1.10. The number of rotatable bonds is 4. The Morgan fingerprint density at radius 3 is 2.67 bits per heavy atom. The van der Waals surface area contributed by atoms with Crippen LogP contribution in [-0.4, -0.2) is 5.97 Å². The van der Waals surface area contributed by atoms with Gasteiger partial charge in [0.05, 0.1) is 0 Å². The van der Waals surface area contributed by atoms with E-state index in [0.29, 0.717) is 5.76 Å². The van der Waals surface area contributed by atoms with E-state index in [4.69, 9.17) is 4.74 Å². The molecule has 0 aliphatic heterocycles. The SMILES string of the molecule is C=C(F)C(=O)O/C(C)=C/c1ccc(CC)cc1C. The lowest BCUT2D eigenvalue weighted by molar-refractivity contribution is -0.136. The summed E-state index contributed by atoms with van der Waals surface area (Å²) in [5.74, 6) is -1.81. The van der Waals surface area contributed by atoms with Crippen LogP contribution in [0.25, 0.3) is 6.08 Å². The van der Waals surface area contributed by atoms with E-state index in [2.05, 4.69) is 19.6 Å². The first kappa shape index (κ1) is 14.2. The number of hydrogen-bond acceptors (Lipinski definition) is 2. The molecule has 0 unspecified atom stereocenters. The predicted octanol–water partition coefficient (Wildman–Crippen LogP) is 3.94. The number of aryl methyl sites for hydroxylation is 2. The standard InChI is InChI=1S/C15H17FO2/c1-5-13-6-7-14(10(2)8-13)9-11(3)18-15(17)12(4)16/h6-9H,4-5H2,1-3H3/b11-9+. The molecule has 0 bridgehead atoms. The van der Waals surface area contributed by atoms with Gasteiger partial charge in [-0.1, -0.05) is 31.7 Å². The molecule has 1 aromatic rings. The Hall–Kier alpha value is -1.90. The minimum absolute atomic E-state index is 0.339. The zero-order valence-electron chi connectivity index (χ0n) is 10.9. The monoisotopic (exact) mass is 248 g/mol. The lowest BCUT2D eigenvalue weighted by Crippen LogP contribution is -2.02. The summed E-state index contributed by atoms with van der Waals surface area (Å²) in [4.78, 5) is 11.0. The quantitative estimate of drug-likeness (QED) is 0.458. The number of allylic oxidation sites excluding steroid dienone is 1. The Bertz CT molecular complexity index is 501. The van der Waals surface area contributed by atoms with E-state index in [-0.39, 0.29) is 0 Å². The molecule has 0 aromatic heterocycles. The maximum Gasteiger partial charge on any atom is 0.371 e. The van der Waals surface area contributed by atoms with Gasteiger partial charge in [0, 0.05) is 0 Å². The van der Waals surface area contributed by atoms with Gasteiger partial charge in [-0.25, -0.2) is 4.79 Å². The fourth-order valence-electron chi connectivity index (χ4n) is 1.57. The van der Waals surface area contributed by atoms with E-state index in [9.17, 15) is 9.18 Å². The molecule has 0 N–H and O–H groups in total. The third-order valence-electron chi connectivity index (χ3n) is 2.58. The van der Waals surface area contributed by atoms with Crippen molar-refractivity contribution < 1.29 is 13.9 Å². The maximum atomic E-state index is 12.5. The average Bonchev–Trinajstić information content (AvgIpc) is 2.31. The van der Waals surface area contributed by atoms with Crippen LogP contribution >= 0.6 is 0 Å². The maximum absolute atomic E-state index is 12.5. The molecular weight excluding hydrogens is 231 g/mol. The van der Waals surface area contributed by atoms with Crippen molar-refractivity contribution in [3.8, 4) is 0 Å². The summed E-state index contributed by atoms with van der Waals surface area (Å²) in [7, 11) is 0. The van der Waals surface area contributed by atoms with Gasteiger partial charge in [-0.3, -0.25) is 0 Å². The topological polar surface area (TPSA) is 26.3 Å². The fourth-order valence-corrected chi connectivity index (χ4v) is 1.57. The van der Waals surface area contributed by atoms with Gasteiger partial charge in [0.1, 0.15) is 5.76 Å². The van der Waals surface area contributed by atoms with Crippen LogP contribution in [0.4, 0.5) is 4.39 Å². The molecule has 0 radical (unpaired) electrons. The van der Waals surface area contributed by atoms with Crippen LogP contribution in [0.15, 0.2) is 36.4 Å². The number of halogens is 1. The third-order valence-corrected chi connectivity index (χ3v) is 2.58. The molecule has 18 heavy (non-hydrogen) atoms. The highest BCUT2D eigenvalue weighted by molar-refractivity contribution is 5.86. The molecule has 96 valence electrons. The zero-order chi connectivity index (χ0) is 13.7. The van der Waals surface area contributed by atoms with Crippen molar-refractivity contribution in [1.82, 2.24) is 0 Å². The molecular formula is C15H17FO2. The van der Waals surface area contributed by atoms with Crippen molar-refractivity contribution in [1.29, 1.82) is 0 Å². The van der Waals surface area contributed by atoms with Crippen LogP contribution in [0.3, 0.4) is 0 Å². The Labute approximate surface area is 107 Å². The first-order valence-electron chi connectivity index (χ1n) is 5.78. The third kappa shape index (κ3) is 3.84. The van der Waals surface area contributed by atoms with Gasteiger partial charge in [0.25, 0.3) is 0 Å². The van der Waals surface area contributed by atoms with E-state index >= 15 is 0 Å².